The number of hydrogen-bond acceptors (Lipinski definition) is 6. The van der Waals surface area contributed by atoms with Gasteiger partial charge in [0.1, 0.15) is 29.1 Å². The molecule has 138 valence electrons. The lowest BCUT2D eigenvalue weighted by molar-refractivity contribution is 0.596. The van der Waals surface area contributed by atoms with Crippen LogP contribution >= 0.6 is 11.6 Å². The molecule has 2 aromatic carbocycles. The average molecular weight is 411 g/mol. The Kier molecular flexibility index (Phi) is 4.93. The van der Waals surface area contributed by atoms with Crippen molar-refractivity contribution in [2.45, 2.75) is 9.79 Å². The van der Waals surface area contributed by atoms with E-state index in [1.54, 1.807) is 6.07 Å². The third kappa shape index (κ3) is 3.23. The Bertz CT molecular complexity index is 1310. The third-order valence-corrected chi connectivity index (χ3v) is 6.08. The molecule has 0 amide bonds. The van der Waals surface area contributed by atoms with Crippen molar-refractivity contribution in [3.63, 3.8) is 0 Å². The smallest absolute Gasteiger partial charge is 0.268 e. The first-order chi connectivity index (χ1) is 13.3. The molecular weight excluding hydrogens is 400 g/mol. The summed E-state index contributed by atoms with van der Waals surface area (Å²) in [6.45, 7) is 0. The summed E-state index contributed by atoms with van der Waals surface area (Å²) in [7, 11) is -3.78. The predicted octanol–water partition coefficient (Wildman–Crippen LogP) is 2.85. The molecule has 0 saturated heterocycles. The number of nitrogens with one attached hydrogen (secondary N) is 1. The normalized spacial score (nSPS) is 10.8. The van der Waals surface area contributed by atoms with Crippen molar-refractivity contribution in [2.24, 2.45) is 0 Å². The molecule has 28 heavy (non-hydrogen) atoms. The zero-order chi connectivity index (χ0) is 20.5. The predicted molar refractivity (Wildman–Crippen MR) is 103 cm³/mol. The van der Waals surface area contributed by atoms with Gasteiger partial charge < -0.3 is 10.7 Å². The fraction of sp³-hybridized carbons (Fsp3) is 0. The van der Waals surface area contributed by atoms with Gasteiger partial charge >= 0.3 is 0 Å². The van der Waals surface area contributed by atoms with Crippen LogP contribution in [0.1, 0.15) is 11.1 Å². The Balaban J connectivity index is 2.15. The minimum Gasteiger partial charge on any atom is -0.384 e. The first-order valence-corrected chi connectivity index (χ1v) is 9.62. The molecule has 3 N–H and O–H groups in total. The van der Waals surface area contributed by atoms with Gasteiger partial charge in [-0.3, -0.25) is 4.79 Å². The second-order valence-electron chi connectivity index (χ2n) is 5.70. The van der Waals surface area contributed by atoms with E-state index in [9.17, 15) is 23.7 Å². The van der Waals surface area contributed by atoms with E-state index in [-0.39, 0.29) is 32.3 Å². The van der Waals surface area contributed by atoms with Crippen molar-refractivity contribution in [1.29, 1.82) is 10.5 Å². The third-order valence-electron chi connectivity index (χ3n) is 4.05. The van der Waals surface area contributed by atoms with Gasteiger partial charge in [0, 0.05) is 10.6 Å². The van der Waals surface area contributed by atoms with Gasteiger partial charge in [-0.1, -0.05) is 23.7 Å². The molecule has 0 aliphatic carbocycles. The molecule has 3 rings (SSSR count). The summed E-state index contributed by atoms with van der Waals surface area (Å²) in [5.41, 5.74) is 4.99. The number of nitrogens with zero attached hydrogens (tertiary/aromatic N) is 2. The lowest BCUT2D eigenvalue weighted by Gasteiger charge is -2.10. The van der Waals surface area contributed by atoms with Gasteiger partial charge in [-0.05, 0) is 42.0 Å². The lowest BCUT2D eigenvalue weighted by Crippen LogP contribution is -2.16. The van der Waals surface area contributed by atoms with Crippen LogP contribution in [0.2, 0.25) is 5.02 Å². The van der Waals surface area contributed by atoms with Crippen LogP contribution in [0.25, 0.3) is 11.1 Å². The summed E-state index contributed by atoms with van der Waals surface area (Å²) in [6, 6.07) is 14.8. The van der Waals surface area contributed by atoms with Crippen LogP contribution in [0.4, 0.5) is 5.82 Å². The van der Waals surface area contributed by atoms with Crippen molar-refractivity contribution in [1.82, 2.24) is 4.98 Å². The van der Waals surface area contributed by atoms with Crippen LogP contribution in [0.15, 0.2) is 63.1 Å². The summed E-state index contributed by atoms with van der Waals surface area (Å²) in [6.07, 6.45) is 0. The molecule has 0 radical (unpaired) electrons. The number of halogens is 1. The zero-order valence-corrected chi connectivity index (χ0v) is 15.7. The van der Waals surface area contributed by atoms with Crippen LogP contribution < -0.4 is 11.3 Å². The number of aromatic amines is 1. The molecule has 9 heteroatoms. The number of nitrogens with two attached hydrogens (primary N) is 1. The molecule has 0 aliphatic rings. The van der Waals surface area contributed by atoms with Gasteiger partial charge in [0.25, 0.3) is 5.56 Å². The summed E-state index contributed by atoms with van der Waals surface area (Å²) in [4.78, 5) is 14.3. The zero-order valence-electron chi connectivity index (χ0n) is 14.1. The van der Waals surface area contributed by atoms with E-state index in [2.05, 4.69) is 4.98 Å². The summed E-state index contributed by atoms with van der Waals surface area (Å²) in [5, 5.41) is 19.1. The van der Waals surface area contributed by atoms with E-state index in [0.29, 0.717) is 10.6 Å². The number of nitrogen functional groups attached to an aromatic ring is 1. The molecular formula is C19H11ClN4O3S. The van der Waals surface area contributed by atoms with Crippen LogP contribution in [-0.2, 0) is 9.84 Å². The Labute approximate surface area is 165 Å². The highest BCUT2D eigenvalue weighted by atomic mass is 35.5. The first kappa shape index (κ1) is 19.2. The Morgan fingerprint density at radius 1 is 0.893 bits per heavy atom. The van der Waals surface area contributed by atoms with Gasteiger partial charge in [0.15, 0.2) is 0 Å². The second kappa shape index (κ2) is 7.20. The van der Waals surface area contributed by atoms with Gasteiger partial charge in [0.05, 0.1) is 9.79 Å². The Morgan fingerprint density at radius 2 is 1.39 bits per heavy atom. The SMILES string of the molecule is N#Cc1c(N)[nH]c(=O)c(C#N)c1-c1ccc(S(=O)(=O)c2ccc(Cl)cc2)cc1. The number of nitriles is 2. The van der Waals surface area contributed by atoms with E-state index in [1.807, 2.05) is 6.07 Å². The van der Waals surface area contributed by atoms with Gasteiger partial charge in [-0.25, -0.2) is 8.42 Å². The molecule has 0 unspecified atom stereocenters. The van der Waals surface area contributed by atoms with E-state index >= 15 is 0 Å². The standard InChI is InChI=1S/C19H11ClN4O3S/c20-12-3-7-14(8-4-12)28(26,27)13-5-1-11(2-6-13)17-15(9-21)18(23)24-19(25)16(17)10-22/h1-8H,(H3,23,24,25). The van der Waals surface area contributed by atoms with Crippen LogP contribution in [0.5, 0.6) is 0 Å². The maximum atomic E-state index is 12.7. The lowest BCUT2D eigenvalue weighted by atomic mass is 9.97. The van der Waals surface area contributed by atoms with Gasteiger partial charge in [0.2, 0.25) is 9.84 Å². The van der Waals surface area contributed by atoms with Gasteiger partial charge in [-0.15, -0.1) is 0 Å². The number of rotatable bonds is 3. The Morgan fingerprint density at radius 3 is 1.89 bits per heavy atom. The summed E-state index contributed by atoms with van der Waals surface area (Å²) >= 11 is 5.79. The van der Waals surface area contributed by atoms with E-state index in [4.69, 9.17) is 17.3 Å². The fourth-order valence-electron chi connectivity index (χ4n) is 2.68. The van der Waals surface area contributed by atoms with Crippen molar-refractivity contribution >= 4 is 27.3 Å². The molecule has 1 heterocycles. The number of sulfone groups is 1. The van der Waals surface area contributed by atoms with E-state index < -0.39 is 15.4 Å². The molecule has 0 aliphatic heterocycles. The topological polar surface area (TPSA) is 141 Å². The van der Waals surface area contributed by atoms with E-state index in [0.717, 1.165) is 0 Å². The number of pyridine rings is 1. The number of aromatic nitrogens is 1. The first-order valence-electron chi connectivity index (χ1n) is 7.76. The molecule has 0 fully saturated rings. The summed E-state index contributed by atoms with van der Waals surface area (Å²) < 4.78 is 25.4. The highest BCUT2D eigenvalue weighted by Gasteiger charge is 2.21. The number of anilines is 1. The maximum Gasteiger partial charge on any atom is 0.268 e. The highest BCUT2D eigenvalue weighted by molar-refractivity contribution is 7.91. The molecule has 1 aromatic heterocycles. The van der Waals surface area contributed by atoms with E-state index in [1.165, 1.54) is 48.5 Å². The minimum absolute atomic E-state index is 0.00778. The largest absolute Gasteiger partial charge is 0.384 e. The summed E-state index contributed by atoms with van der Waals surface area (Å²) in [5.74, 6) is -0.167. The van der Waals surface area contributed by atoms with Crippen LogP contribution in [-0.4, -0.2) is 13.4 Å². The van der Waals surface area contributed by atoms with Crippen molar-refractivity contribution < 1.29 is 8.42 Å². The molecule has 0 atom stereocenters. The molecule has 0 bridgehead atoms. The molecule has 3 aromatic rings. The number of hydrogen-bond donors (Lipinski definition) is 2. The Hall–Kier alpha value is -3.59. The van der Waals surface area contributed by atoms with Crippen LogP contribution in [0, 0.1) is 22.7 Å². The van der Waals surface area contributed by atoms with Crippen LogP contribution in [0.3, 0.4) is 0 Å². The van der Waals surface area contributed by atoms with Gasteiger partial charge in [-0.2, -0.15) is 10.5 Å². The molecule has 7 nitrogen and oxygen atoms in total. The highest BCUT2D eigenvalue weighted by Crippen LogP contribution is 2.30. The fourth-order valence-corrected chi connectivity index (χ4v) is 4.07. The monoisotopic (exact) mass is 410 g/mol. The molecule has 0 spiro atoms. The number of benzene rings is 2. The molecule has 0 saturated carbocycles. The van der Waals surface area contributed by atoms with Crippen molar-refractivity contribution in [3.05, 3.63) is 75.0 Å². The average Bonchev–Trinajstić information content (AvgIpc) is 2.68. The van der Waals surface area contributed by atoms with Crippen molar-refractivity contribution in [3.8, 4) is 23.3 Å². The maximum absolute atomic E-state index is 12.7. The van der Waals surface area contributed by atoms with Crippen molar-refractivity contribution in [2.75, 3.05) is 5.73 Å². The minimum atomic E-state index is -3.78. The second-order valence-corrected chi connectivity index (χ2v) is 8.08. The number of H-pyrrole nitrogens is 1. The quantitative estimate of drug-likeness (QED) is 0.680.